The van der Waals surface area contributed by atoms with Crippen molar-refractivity contribution >= 4 is 5.91 Å². The highest BCUT2D eigenvalue weighted by molar-refractivity contribution is 5.74. The molecule has 2 fully saturated rings. The molecule has 1 aliphatic heterocycles. The maximum absolute atomic E-state index is 11.0. The SMILES string of the molecule is CC(=O)NC12CCC(CNC1)C2. The van der Waals surface area contributed by atoms with Crippen molar-refractivity contribution in [3.8, 4) is 0 Å². The standard InChI is InChI=1S/C9H16N2O/c1-7(12)11-9-3-2-8(4-9)5-10-6-9/h8,10H,2-6H2,1H3,(H,11,12). The Morgan fingerprint density at radius 1 is 1.67 bits per heavy atom. The highest BCUT2D eigenvalue weighted by Gasteiger charge is 2.42. The summed E-state index contributed by atoms with van der Waals surface area (Å²) < 4.78 is 0. The Balaban J connectivity index is 2.05. The van der Waals surface area contributed by atoms with E-state index in [-0.39, 0.29) is 11.4 Å². The van der Waals surface area contributed by atoms with Gasteiger partial charge >= 0.3 is 0 Å². The second kappa shape index (κ2) is 2.73. The predicted molar refractivity (Wildman–Crippen MR) is 46.8 cm³/mol. The third-order valence-corrected chi connectivity index (χ3v) is 3.05. The Hall–Kier alpha value is -0.570. The summed E-state index contributed by atoms with van der Waals surface area (Å²) in [6, 6.07) is 0. The summed E-state index contributed by atoms with van der Waals surface area (Å²) in [4.78, 5) is 11.0. The number of carbonyl (C=O) groups excluding carboxylic acids is 1. The molecule has 2 N–H and O–H groups in total. The van der Waals surface area contributed by atoms with Gasteiger partial charge in [0, 0.05) is 13.5 Å². The molecule has 3 nitrogen and oxygen atoms in total. The van der Waals surface area contributed by atoms with E-state index in [1.54, 1.807) is 6.92 Å². The molecule has 2 aliphatic rings. The van der Waals surface area contributed by atoms with E-state index in [1.165, 1.54) is 12.8 Å². The van der Waals surface area contributed by atoms with Crippen molar-refractivity contribution < 1.29 is 4.79 Å². The molecule has 2 bridgehead atoms. The number of nitrogens with one attached hydrogen (secondary N) is 2. The Morgan fingerprint density at radius 2 is 2.50 bits per heavy atom. The van der Waals surface area contributed by atoms with Crippen molar-refractivity contribution in [3.05, 3.63) is 0 Å². The van der Waals surface area contributed by atoms with E-state index in [1.807, 2.05) is 0 Å². The van der Waals surface area contributed by atoms with E-state index in [0.29, 0.717) is 0 Å². The molecule has 2 atom stereocenters. The minimum atomic E-state index is 0.106. The Kier molecular flexibility index (Phi) is 1.83. The number of amides is 1. The summed E-state index contributed by atoms with van der Waals surface area (Å²) in [5, 5.41) is 6.46. The van der Waals surface area contributed by atoms with Gasteiger partial charge in [-0.25, -0.2) is 0 Å². The van der Waals surface area contributed by atoms with Gasteiger partial charge in [0.15, 0.2) is 0 Å². The second-order valence-electron chi connectivity index (χ2n) is 4.20. The zero-order valence-electron chi connectivity index (χ0n) is 7.52. The Bertz CT molecular complexity index is 201. The lowest BCUT2D eigenvalue weighted by molar-refractivity contribution is -0.120. The molecule has 1 amide bonds. The Morgan fingerprint density at radius 3 is 3.25 bits per heavy atom. The molecular formula is C9H16N2O. The van der Waals surface area contributed by atoms with E-state index in [0.717, 1.165) is 25.4 Å². The molecule has 12 heavy (non-hydrogen) atoms. The Labute approximate surface area is 72.9 Å². The van der Waals surface area contributed by atoms with Crippen LogP contribution in [-0.2, 0) is 4.79 Å². The van der Waals surface area contributed by atoms with E-state index in [9.17, 15) is 4.79 Å². The monoisotopic (exact) mass is 168 g/mol. The van der Waals surface area contributed by atoms with Crippen molar-refractivity contribution in [2.75, 3.05) is 13.1 Å². The topological polar surface area (TPSA) is 41.1 Å². The van der Waals surface area contributed by atoms with Gasteiger partial charge in [0.1, 0.15) is 0 Å². The highest BCUT2D eigenvalue weighted by Crippen LogP contribution is 2.36. The van der Waals surface area contributed by atoms with Gasteiger partial charge < -0.3 is 10.6 Å². The summed E-state index contributed by atoms with van der Waals surface area (Å²) in [5.74, 6) is 0.907. The number of carbonyl (C=O) groups is 1. The first-order valence-electron chi connectivity index (χ1n) is 4.70. The molecule has 1 saturated carbocycles. The van der Waals surface area contributed by atoms with Crippen LogP contribution in [0, 0.1) is 5.92 Å². The number of hydrogen-bond donors (Lipinski definition) is 2. The van der Waals surface area contributed by atoms with Gasteiger partial charge in [-0.1, -0.05) is 0 Å². The lowest BCUT2D eigenvalue weighted by Gasteiger charge is -2.34. The van der Waals surface area contributed by atoms with Crippen molar-refractivity contribution in [2.45, 2.75) is 31.7 Å². The quantitative estimate of drug-likeness (QED) is 0.590. The highest BCUT2D eigenvalue weighted by atomic mass is 16.1. The van der Waals surface area contributed by atoms with Crippen LogP contribution in [-0.4, -0.2) is 24.5 Å². The first kappa shape index (κ1) is 8.05. The normalized spacial score (nSPS) is 39.6. The van der Waals surface area contributed by atoms with E-state index >= 15 is 0 Å². The zero-order chi connectivity index (χ0) is 8.60. The van der Waals surface area contributed by atoms with Crippen molar-refractivity contribution in [3.63, 3.8) is 0 Å². The summed E-state index contributed by atoms with van der Waals surface area (Å²) >= 11 is 0. The summed E-state index contributed by atoms with van der Waals surface area (Å²) in [6.07, 6.45) is 3.61. The molecule has 2 unspecified atom stereocenters. The molecular weight excluding hydrogens is 152 g/mol. The lowest BCUT2D eigenvalue weighted by atomic mass is 9.92. The number of rotatable bonds is 1. The molecule has 1 heterocycles. The van der Waals surface area contributed by atoms with Crippen LogP contribution in [0.3, 0.4) is 0 Å². The summed E-state index contributed by atoms with van der Waals surface area (Å²) in [7, 11) is 0. The molecule has 0 radical (unpaired) electrons. The van der Waals surface area contributed by atoms with Crippen LogP contribution in [0.2, 0.25) is 0 Å². The van der Waals surface area contributed by atoms with Gasteiger partial charge in [0.05, 0.1) is 5.54 Å². The van der Waals surface area contributed by atoms with Gasteiger partial charge in [0.25, 0.3) is 0 Å². The molecule has 0 aromatic carbocycles. The van der Waals surface area contributed by atoms with Crippen LogP contribution in [0.15, 0.2) is 0 Å². The fourth-order valence-electron chi connectivity index (χ4n) is 2.62. The largest absolute Gasteiger partial charge is 0.350 e. The van der Waals surface area contributed by atoms with Crippen LogP contribution in [0.25, 0.3) is 0 Å². The third-order valence-electron chi connectivity index (χ3n) is 3.05. The van der Waals surface area contributed by atoms with Crippen LogP contribution in [0.1, 0.15) is 26.2 Å². The van der Waals surface area contributed by atoms with Crippen molar-refractivity contribution in [1.82, 2.24) is 10.6 Å². The molecule has 2 rings (SSSR count). The minimum absolute atomic E-state index is 0.106. The fraction of sp³-hybridized carbons (Fsp3) is 0.889. The zero-order valence-corrected chi connectivity index (χ0v) is 7.52. The average molecular weight is 168 g/mol. The number of fused-ring (bicyclic) bond motifs is 2. The second-order valence-corrected chi connectivity index (χ2v) is 4.20. The maximum Gasteiger partial charge on any atom is 0.217 e. The minimum Gasteiger partial charge on any atom is -0.350 e. The molecule has 0 spiro atoms. The number of piperidine rings is 1. The summed E-state index contributed by atoms with van der Waals surface area (Å²) in [5.41, 5.74) is 0.106. The van der Waals surface area contributed by atoms with E-state index < -0.39 is 0 Å². The van der Waals surface area contributed by atoms with Gasteiger partial charge in [0.2, 0.25) is 5.91 Å². The van der Waals surface area contributed by atoms with Crippen LogP contribution >= 0.6 is 0 Å². The maximum atomic E-state index is 11.0. The fourth-order valence-corrected chi connectivity index (χ4v) is 2.62. The van der Waals surface area contributed by atoms with Gasteiger partial charge in [-0.05, 0) is 31.7 Å². The molecule has 1 saturated heterocycles. The smallest absolute Gasteiger partial charge is 0.217 e. The van der Waals surface area contributed by atoms with Crippen LogP contribution in [0.4, 0.5) is 0 Å². The van der Waals surface area contributed by atoms with Crippen LogP contribution in [0.5, 0.6) is 0 Å². The average Bonchev–Trinajstić information content (AvgIpc) is 2.25. The van der Waals surface area contributed by atoms with Gasteiger partial charge in [-0.3, -0.25) is 4.79 Å². The third kappa shape index (κ3) is 1.33. The van der Waals surface area contributed by atoms with Gasteiger partial charge in [-0.15, -0.1) is 0 Å². The first-order chi connectivity index (χ1) is 5.70. The number of hydrogen-bond acceptors (Lipinski definition) is 2. The van der Waals surface area contributed by atoms with Crippen LogP contribution < -0.4 is 10.6 Å². The molecule has 68 valence electrons. The first-order valence-corrected chi connectivity index (χ1v) is 4.70. The summed E-state index contributed by atoms with van der Waals surface area (Å²) in [6.45, 7) is 3.71. The molecule has 3 heteroatoms. The molecule has 1 aliphatic carbocycles. The lowest BCUT2D eigenvalue weighted by Crippen LogP contribution is -2.55. The molecule has 0 aromatic heterocycles. The van der Waals surface area contributed by atoms with Crippen molar-refractivity contribution in [1.29, 1.82) is 0 Å². The van der Waals surface area contributed by atoms with E-state index in [2.05, 4.69) is 10.6 Å². The molecule has 0 aromatic rings. The predicted octanol–water partition coefficient (Wildman–Crippen LogP) is 0.265. The van der Waals surface area contributed by atoms with E-state index in [4.69, 9.17) is 0 Å². The van der Waals surface area contributed by atoms with Gasteiger partial charge in [-0.2, -0.15) is 0 Å². The van der Waals surface area contributed by atoms with Crippen molar-refractivity contribution in [2.24, 2.45) is 5.92 Å².